The highest BCUT2D eigenvalue weighted by molar-refractivity contribution is 6.42. The number of rotatable bonds is 5. The van der Waals surface area contributed by atoms with Crippen LogP contribution in [0.15, 0.2) is 36.7 Å². The Balaban J connectivity index is 2.32. The molecular weight excluding hydrogens is 307 g/mol. The third-order valence-corrected chi connectivity index (χ3v) is 3.72. The zero-order valence-corrected chi connectivity index (χ0v) is 12.8. The summed E-state index contributed by atoms with van der Waals surface area (Å²) in [7, 11) is 0. The lowest BCUT2D eigenvalue weighted by molar-refractivity contribution is 0.796. The SMILES string of the molecule is N#CCCN(Cc1cccnc1)c1cc(Cl)c(Cl)cc1N. The van der Waals surface area contributed by atoms with E-state index in [-0.39, 0.29) is 0 Å². The highest BCUT2D eigenvalue weighted by Crippen LogP contribution is 2.33. The molecule has 0 unspecified atom stereocenters. The van der Waals surface area contributed by atoms with Crippen LogP contribution in [0.25, 0.3) is 0 Å². The largest absolute Gasteiger partial charge is 0.397 e. The number of nitrogens with two attached hydrogens (primary N) is 1. The highest BCUT2D eigenvalue weighted by atomic mass is 35.5. The average Bonchev–Trinajstić information content (AvgIpc) is 2.48. The second-order valence-electron chi connectivity index (χ2n) is 4.52. The standard InChI is InChI=1S/C15H14Cl2N4/c16-12-7-14(19)15(8-13(12)17)21(6-2-4-18)10-11-3-1-5-20-9-11/h1,3,5,7-9H,2,6,10,19H2. The van der Waals surface area contributed by atoms with Crippen molar-refractivity contribution in [2.45, 2.75) is 13.0 Å². The van der Waals surface area contributed by atoms with Crippen LogP contribution in [0.5, 0.6) is 0 Å². The predicted octanol–water partition coefficient (Wildman–Crippen LogP) is 3.89. The van der Waals surface area contributed by atoms with E-state index >= 15 is 0 Å². The molecule has 0 fully saturated rings. The molecular formula is C15H14Cl2N4. The lowest BCUT2D eigenvalue weighted by Gasteiger charge is -2.25. The lowest BCUT2D eigenvalue weighted by Crippen LogP contribution is -2.24. The Morgan fingerprint density at radius 2 is 2.05 bits per heavy atom. The van der Waals surface area contributed by atoms with Gasteiger partial charge in [-0.2, -0.15) is 5.26 Å². The molecule has 0 bridgehead atoms. The van der Waals surface area contributed by atoms with Gasteiger partial charge in [-0.15, -0.1) is 0 Å². The van der Waals surface area contributed by atoms with Crippen molar-refractivity contribution in [2.24, 2.45) is 0 Å². The van der Waals surface area contributed by atoms with Gasteiger partial charge in [-0.3, -0.25) is 4.98 Å². The monoisotopic (exact) mass is 320 g/mol. The van der Waals surface area contributed by atoms with Crippen molar-refractivity contribution in [2.75, 3.05) is 17.2 Å². The molecule has 2 aromatic rings. The third kappa shape index (κ3) is 4.01. The van der Waals surface area contributed by atoms with E-state index in [2.05, 4.69) is 11.1 Å². The summed E-state index contributed by atoms with van der Waals surface area (Å²) < 4.78 is 0. The molecule has 0 radical (unpaired) electrons. The summed E-state index contributed by atoms with van der Waals surface area (Å²) in [6.45, 7) is 1.14. The first-order valence-electron chi connectivity index (χ1n) is 6.37. The molecule has 0 saturated heterocycles. The van der Waals surface area contributed by atoms with Crippen LogP contribution < -0.4 is 10.6 Å². The number of anilines is 2. The molecule has 0 aliphatic rings. The molecule has 0 aliphatic carbocycles. The molecule has 0 aliphatic heterocycles. The molecule has 6 heteroatoms. The van der Waals surface area contributed by atoms with Crippen LogP contribution in [0.3, 0.4) is 0 Å². The van der Waals surface area contributed by atoms with Crippen molar-refractivity contribution in [3.63, 3.8) is 0 Å². The van der Waals surface area contributed by atoms with E-state index in [4.69, 9.17) is 34.2 Å². The number of nitrogens with zero attached hydrogens (tertiary/aromatic N) is 3. The number of hydrogen-bond acceptors (Lipinski definition) is 4. The topological polar surface area (TPSA) is 65.9 Å². The molecule has 4 nitrogen and oxygen atoms in total. The zero-order chi connectivity index (χ0) is 15.2. The number of halogens is 2. The highest BCUT2D eigenvalue weighted by Gasteiger charge is 2.13. The fourth-order valence-corrected chi connectivity index (χ4v) is 2.34. The van der Waals surface area contributed by atoms with Crippen molar-refractivity contribution in [1.29, 1.82) is 5.26 Å². The van der Waals surface area contributed by atoms with Gasteiger partial charge in [-0.05, 0) is 23.8 Å². The normalized spacial score (nSPS) is 10.1. The van der Waals surface area contributed by atoms with Gasteiger partial charge in [-0.1, -0.05) is 29.3 Å². The van der Waals surface area contributed by atoms with Gasteiger partial charge in [0.2, 0.25) is 0 Å². The first-order chi connectivity index (χ1) is 10.1. The summed E-state index contributed by atoms with van der Waals surface area (Å²) in [5.41, 5.74) is 8.36. The minimum Gasteiger partial charge on any atom is -0.397 e. The summed E-state index contributed by atoms with van der Waals surface area (Å²) in [5, 5.41) is 9.68. The maximum Gasteiger partial charge on any atom is 0.0640 e. The molecule has 2 rings (SSSR count). The van der Waals surface area contributed by atoms with Gasteiger partial charge in [0.15, 0.2) is 0 Å². The van der Waals surface area contributed by atoms with Crippen molar-refractivity contribution < 1.29 is 0 Å². The number of hydrogen-bond donors (Lipinski definition) is 1. The number of nitriles is 1. The fraction of sp³-hybridized carbons (Fsp3) is 0.200. The summed E-state index contributed by atoms with van der Waals surface area (Å²) in [6.07, 6.45) is 3.89. The van der Waals surface area contributed by atoms with E-state index in [1.54, 1.807) is 24.5 Å². The Morgan fingerprint density at radius 3 is 2.71 bits per heavy atom. The van der Waals surface area contributed by atoms with Gasteiger partial charge in [0.05, 0.1) is 33.9 Å². The van der Waals surface area contributed by atoms with Crippen molar-refractivity contribution in [3.05, 3.63) is 52.3 Å². The predicted molar refractivity (Wildman–Crippen MR) is 86.4 cm³/mol. The molecule has 1 aromatic carbocycles. The van der Waals surface area contributed by atoms with Crippen LogP contribution in [0.4, 0.5) is 11.4 Å². The van der Waals surface area contributed by atoms with Crippen LogP contribution >= 0.6 is 23.2 Å². The number of aromatic nitrogens is 1. The summed E-state index contributed by atoms with van der Waals surface area (Å²) in [6, 6.07) is 9.34. The van der Waals surface area contributed by atoms with E-state index in [1.807, 2.05) is 17.0 Å². The first kappa shape index (κ1) is 15.4. The van der Waals surface area contributed by atoms with E-state index in [0.717, 1.165) is 11.3 Å². The fourth-order valence-electron chi connectivity index (χ4n) is 2.01. The van der Waals surface area contributed by atoms with Gasteiger partial charge in [0.25, 0.3) is 0 Å². The Labute approximate surface area is 133 Å². The number of benzene rings is 1. The van der Waals surface area contributed by atoms with Crippen LogP contribution in [0.1, 0.15) is 12.0 Å². The second kappa shape index (κ2) is 7.16. The number of pyridine rings is 1. The Hall–Kier alpha value is -1.96. The van der Waals surface area contributed by atoms with Gasteiger partial charge < -0.3 is 10.6 Å². The zero-order valence-electron chi connectivity index (χ0n) is 11.3. The third-order valence-electron chi connectivity index (χ3n) is 3.00. The summed E-state index contributed by atoms with van der Waals surface area (Å²) in [4.78, 5) is 6.09. The van der Waals surface area contributed by atoms with Crippen molar-refractivity contribution in [3.8, 4) is 6.07 Å². The molecule has 108 valence electrons. The first-order valence-corrected chi connectivity index (χ1v) is 7.12. The maximum atomic E-state index is 8.83. The minimum atomic E-state index is 0.389. The Bertz CT molecular complexity index is 653. The van der Waals surface area contributed by atoms with Crippen molar-refractivity contribution in [1.82, 2.24) is 4.98 Å². The minimum absolute atomic E-state index is 0.389. The van der Waals surface area contributed by atoms with Gasteiger partial charge in [-0.25, -0.2) is 0 Å². The van der Waals surface area contributed by atoms with E-state index < -0.39 is 0 Å². The van der Waals surface area contributed by atoms with E-state index in [9.17, 15) is 0 Å². The summed E-state index contributed by atoms with van der Waals surface area (Å²) >= 11 is 12.0. The van der Waals surface area contributed by atoms with Gasteiger partial charge in [0, 0.05) is 25.5 Å². The van der Waals surface area contributed by atoms with Crippen LogP contribution in [-0.4, -0.2) is 11.5 Å². The summed E-state index contributed by atoms with van der Waals surface area (Å²) in [5.74, 6) is 0. The Kier molecular flexibility index (Phi) is 5.26. The molecule has 1 heterocycles. The van der Waals surface area contributed by atoms with Crippen LogP contribution in [-0.2, 0) is 6.54 Å². The lowest BCUT2D eigenvalue weighted by atomic mass is 10.2. The van der Waals surface area contributed by atoms with Gasteiger partial charge in [0.1, 0.15) is 0 Å². The van der Waals surface area contributed by atoms with Crippen LogP contribution in [0, 0.1) is 11.3 Å². The number of nitrogen functional groups attached to an aromatic ring is 1. The molecule has 2 N–H and O–H groups in total. The van der Waals surface area contributed by atoms with Crippen LogP contribution in [0.2, 0.25) is 10.0 Å². The Morgan fingerprint density at radius 1 is 1.29 bits per heavy atom. The molecule has 1 aromatic heterocycles. The maximum absolute atomic E-state index is 8.83. The smallest absolute Gasteiger partial charge is 0.0640 e. The van der Waals surface area contributed by atoms with Crippen molar-refractivity contribution >= 4 is 34.6 Å². The molecule has 0 spiro atoms. The molecule has 0 atom stereocenters. The van der Waals surface area contributed by atoms with Gasteiger partial charge >= 0.3 is 0 Å². The quantitative estimate of drug-likeness (QED) is 0.849. The van der Waals surface area contributed by atoms with E-state index in [1.165, 1.54) is 0 Å². The second-order valence-corrected chi connectivity index (χ2v) is 5.33. The molecule has 21 heavy (non-hydrogen) atoms. The molecule has 0 amide bonds. The van der Waals surface area contributed by atoms with E-state index in [0.29, 0.717) is 35.2 Å². The average molecular weight is 321 g/mol. The molecule has 0 saturated carbocycles.